The van der Waals surface area contributed by atoms with Crippen LogP contribution < -0.4 is 10.6 Å². The number of anilines is 2. The minimum absolute atomic E-state index is 0.0869. The molecule has 5 heteroatoms. The van der Waals surface area contributed by atoms with Gasteiger partial charge in [-0.2, -0.15) is 0 Å². The van der Waals surface area contributed by atoms with Crippen LogP contribution in [0.25, 0.3) is 0 Å². The highest BCUT2D eigenvalue weighted by Crippen LogP contribution is 2.41. The first-order valence-electron chi connectivity index (χ1n) is 5.96. The van der Waals surface area contributed by atoms with E-state index in [1.54, 1.807) is 12.1 Å². The highest BCUT2D eigenvalue weighted by Gasteiger charge is 2.51. The molecule has 2 rings (SSSR count). The number of nitrogens with zero attached hydrogens (tertiary/aromatic N) is 2. The fraction of sp³-hybridized carbons (Fsp3) is 0.462. The summed E-state index contributed by atoms with van der Waals surface area (Å²) < 4.78 is 0. The van der Waals surface area contributed by atoms with E-state index in [0.29, 0.717) is 5.69 Å². The van der Waals surface area contributed by atoms with Crippen molar-refractivity contribution < 1.29 is 9.59 Å². The van der Waals surface area contributed by atoms with Crippen LogP contribution in [0.1, 0.15) is 27.2 Å². The van der Waals surface area contributed by atoms with Gasteiger partial charge in [0.25, 0.3) is 0 Å². The Kier molecular flexibility index (Phi) is 2.84. The van der Waals surface area contributed by atoms with Gasteiger partial charge in [-0.3, -0.25) is 9.59 Å². The molecule has 1 aromatic rings. The summed E-state index contributed by atoms with van der Waals surface area (Å²) in [6.45, 7) is 5.70. The standard InChI is InChI=1S/C13H17N3O2/c1-8(2)13(3)7-10(17)16(12(13)18)11-9(14)5-4-6-15-11/h4-6,8H,7,14H2,1-3H3. The first-order chi connectivity index (χ1) is 8.38. The van der Waals surface area contributed by atoms with E-state index >= 15 is 0 Å². The SMILES string of the molecule is CC(C)C1(C)CC(=O)N(c2ncccc2N)C1=O. The molecule has 1 unspecified atom stereocenters. The van der Waals surface area contributed by atoms with Crippen molar-refractivity contribution in [2.75, 3.05) is 10.6 Å². The number of nitrogen functional groups attached to an aromatic ring is 1. The van der Waals surface area contributed by atoms with Gasteiger partial charge in [0.15, 0.2) is 5.82 Å². The average Bonchev–Trinajstić information content (AvgIpc) is 2.53. The Bertz CT molecular complexity index is 513. The van der Waals surface area contributed by atoms with Crippen LogP contribution in [0, 0.1) is 11.3 Å². The second-order valence-electron chi connectivity index (χ2n) is 5.20. The molecule has 1 atom stereocenters. The van der Waals surface area contributed by atoms with Crippen LogP contribution in [0.3, 0.4) is 0 Å². The van der Waals surface area contributed by atoms with Gasteiger partial charge in [0, 0.05) is 12.6 Å². The van der Waals surface area contributed by atoms with Crippen LogP contribution in [-0.4, -0.2) is 16.8 Å². The van der Waals surface area contributed by atoms with E-state index in [-0.39, 0.29) is 30.0 Å². The van der Waals surface area contributed by atoms with E-state index in [1.165, 1.54) is 6.20 Å². The minimum Gasteiger partial charge on any atom is -0.396 e. The fourth-order valence-corrected chi connectivity index (χ4v) is 2.10. The van der Waals surface area contributed by atoms with Crippen molar-refractivity contribution in [1.82, 2.24) is 4.98 Å². The van der Waals surface area contributed by atoms with E-state index < -0.39 is 5.41 Å². The summed E-state index contributed by atoms with van der Waals surface area (Å²) >= 11 is 0. The van der Waals surface area contributed by atoms with E-state index in [1.807, 2.05) is 20.8 Å². The molecule has 2 N–H and O–H groups in total. The third-order valence-corrected chi connectivity index (χ3v) is 3.76. The van der Waals surface area contributed by atoms with Crippen LogP contribution in [0.2, 0.25) is 0 Å². The molecule has 2 amide bonds. The average molecular weight is 247 g/mol. The molecule has 1 aliphatic heterocycles. The number of carbonyl (C=O) groups excluding carboxylic acids is 2. The molecular weight excluding hydrogens is 230 g/mol. The summed E-state index contributed by atoms with van der Waals surface area (Å²) in [5, 5.41) is 0. The molecule has 1 saturated heterocycles. The Balaban J connectivity index is 2.46. The van der Waals surface area contributed by atoms with Gasteiger partial charge in [0.2, 0.25) is 11.8 Å². The largest absolute Gasteiger partial charge is 0.396 e. The third-order valence-electron chi connectivity index (χ3n) is 3.76. The number of carbonyl (C=O) groups is 2. The summed E-state index contributed by atoms with van der Waals surface area (Å²) in [4.78, 5) is 29.7. The predicted molar refractivity (Wildman–Crippen MR) is 68.7 cm³/mol. The molecule has 0 aliphatic carbocycles. The molecule has 96 valence electrons. The van der Waals surface area contributed by atoms with Crippen LogP contribution in [0.4, 0.5) is 11.5 Å². The minimum atomic E-state index is -0.666. The van der Waals surface area contributed by atoms with Crippen molar-refractivity contribution in [2.24, 2.45) is 11.3 Å². The Morgan fingerprint density at radius 2 is 2.11 bits per heavy atom. The maximum absolute atomic E-state index is 12.4. The van der Waals surface area contributed by atoms with E-state index in [4.69, 9.17) is 5.73 Å². The van der Waals surface area contributed by atoms with Crippen molar-refractivity contribution in [3.8, 4) is 0 Å². The first-order valence-corrected chi connectivity index (χ1v) is 5.96. The summed E-state index contributed by atoms with van der Waals surface area (Å²) in [6, 6.07) is 3.30. The fourth-order valence-electron chi connectivity index (χ4n) is 2.10. The third kappa shape index (κ3) is 1.66. The highest BCUT2D eigenvalue weighted by atomic mass is 16.2. The molecule has 0 aromatic carbocycles. The van der Waals surface area contributed by atoms with E-state index in [9.17, 15) is 9.59 Å². The van der Waals surface area contributed by atoms with Gasteiger partial charge in [0.1, 0.15) is 0 Å². The number of nitrogens with two attached hydrogens (primary N) is 1. The second kappa shape index (κ2) is 4.08. The van der Waals surface area contributed by atoms with Crippen molar-refractivity contribution in [1.29, 1.82) is 0 Å². The van der Waals surface area contributed by atoms with Crippen LogP contribution >= 0.6 is 0 Å². The number of amides is 2. The summed E-state index contributed by atoms with van der Waals surface area (Å²) in [5.74, 6) is -0.115. The molecule has 1 aliphatic rings. The van der Waals surface area contributed by atoms with Crippen molar-refractivity contribution in [3.63, 3.8) is 0 Å². The predicted octanol–water partition coefficient (Wildman–Crippen LogP) is 1.59. The summed E-state index contributed by atoms with van der Waals surface area (Å²) in [7, 11) is 0. The van der Waals surface area contributed by atoms with Gasteiger partial charge in [0.05, 0.1) is 11.1 Å². The molecular formula is C13H17N3O2. The molecule has 0 radical (unpaired) electrons. The summed E-state index contributed by atoms with van der Waals surface area (Å²) in [6.07, 6.45) is 1.73. The molecule has 0 bridgehead atoms. The quantitative estimate of drug-likeness (QED) is 0.805. The molecule has 1 aromatic heterocycles. The molecule has 18 heavy (non-hydrogen) atoms. The number of rotatable bonds is 2. The number of hydrogen-bond acceptors (Lipinski definition) is 4. The number of aromatic nitrogens is 1. The Hall–Kier alpha value is -1.91. The smallest absolute Gasteiger partial charge is 0.241 e. The maximum atomic E-state index is 12.4. The molecule has 2 heterocycles. The monoisotopic (exact) mass is 247 g/mol. The lowest BCUT2D eigenvalue weighted by atomic mass is 9.78. The van der Waals surface area contributed by atoms with Crippen molar-refractivity contribution in [3.05, 3.63) is 18.3 Å². The van der Waals surface area contributed by atoms with Crippen molar-refractivity contribution >= 4 is 23.3 Å². The zero-order valence-corrected chi connectivity index (χ0v) is 10.8. The second-order valence-corrected chi connectivity index (χ2v) is 5.20. The molecule has 1 fully saturated rings. The zero-order valence-electron chi connectivity index (χ0n) is 10.8. The Morgan fingerprint density at radius 1 is 1.44 bits per heavy atom. The maximum Gasteiger partial charge on any atom is 0.241 e. The molecule has 5 nitrogen and oxygen atoms in total. The lowest BCUT2D eigenvalue weighted by Gasteiger charge is -2.25. The molecule has 0 saturated carbocycles. The zero-order chi connectivity index (χ0) is 13.5. The first kappa shape index (κ1) is 12.5. The molecule has 0 spiro atoms. The lowest BCUT2D eigenvalue weighted by Crippen LogP contribution is -2.37. The van der Waals surface area contributed by atoms with E-state index in [2.05, 4.69) is 4.98 Å². The Morgan fingerprint density at radius 3 is 2.61 bits per heavy atom. The topological polar surface area (TPSA) is 76.3 Å². The van der Waals surface area contributed by atoms with Gasteiger partial charge in [-0.05, 0) is 25.0 Å². The highest BCUT2D eigenvalue weighted by molar-refractivity contribution is 6.23. The van der Waals surface area contributed by atoms with Gasteiger partial charge < -0.3 is 5.73 Å². The number of imide groups is 1. The number of pyridine rings is 1. The van der Waals surface area contributed by atoms with Crippen LogP contribution in [-0.2, 0) is 9.59 Å². The normalized spacial score (nSPS) is 24.1. The number of hydrogen-bond donors (Lipinski definition) is 1. The van der Waals surface area contributed by atoms with E-state index in [0.717, 1.165) is 4.90 Å². The lowest BCUT2D eigenvalue weighted by molar-refractivity contribution is -0.126. The summed E-state index contributed by atoms with van der Waals surface area (Å²) in [5.41, 5.74) is 5.46. The van der Waals surface area contributed by atoms with Gasteiger partial charge in [-0.15, -0.1) is 0 Å². The van der Waals surface area contributed by atoms with Crippen LogP contribution in [0.15, 0.2) is 18.3 Å². The van der Waals surface area contributed by atoms with Gasteiger partial charge in [-0.1, -0.05) is 13.8 Å². The van der Waals surface area contributed by atoms with Crippen LogP contribution in [0.5, 0.6) is 0 Å². The Labute approximate surface area is 106 Å². The van der Waals surface area contributed by atoms with Crippen molar-refractivity contribution in [2.45, 2.75) is 27.2 Å². The van der Waals surface area contributed by atoms with Gasteiger partial charge in [-0.25, -0.2) is 9.88 Å². The van der Waals surface area contributed by atoms with Gasteiger partial charge >= 0.3 is 0 Å².